The predicted octanol–water partition coefficient (Wildman–Crippen LogP) is 0.232. The molecule has 1 aromatic heterocycles. The number of hydrogen-bond donors (Lipinski definition) is 1. The number of carbonyl (C=O) groups excluding carboxylic acids is 1. The monoisotopic (exact) mass is 314 g/mol. The highest BCUT2D eigenvalue weighted by atomic mass is 32.2. The molecule has 1 amide bonds. The highest BCUT2D eigenvalue weighted by Gasteiger charge is 2.28. The number of amides is 1. The van der Waals surface area contributed by atoms with Gasteiger partial charge in [0.2, 0.25) is 15.9 Å². The zero-order valence-electron chi connectivity index (χ0n) is 12.4. The second-order valence-corrected chi connectivity index (χ2v) is 7.41. The van der Waals surface area contributed by atoms with E-state index >= 15 is 0 Å². The molecule has 2 rings (SSSR count). The summed E-state index contributed by atoms with van der Waals surface area (Å²) >= 11 is 0. The van der Waals surface area contributed by atoms with Gasteiger partial charge < -0.3 is 4.90 Å². The first-order valence-corrected chi connectivity index (χ1v) is 8.98. The van der Waals surface area contributed by atoms with Crippen LogP contribution in [0.3, 0.4) is 0 Å². The van der Waals surface area contributed by atoms with E-state index in [1.54, 1.807) is 23.1 Å². The Morgan fingerprint density at radius 1 is 1.52 bits per heavy atom. The van der Waals surface area contributed by atoms with Crippen LogP contribution in [0.4, 0.5) is 0 Å². The summed E-state index contributed by atoms with van der Waals surface area (Å²) in [5.74, 6) is 0.199. The van der Waals surface area contributed by atoms with Gasteiger partial charge in [-0.05, 0) is 31.7 Å². The Morgan fingerprint density at radius 3 is 2.90 bits per heavy atom. The molecule has 0 spiro atoms. The van der Waals surface area contributed by atoms with Gasteiger partial charge in [0.1, 0.15) is 6.04 Å². The van der Waals surface area contributed by atoms with Crippen LogP contribution in [0, 0.1) is 5.92 Å². The SMILES string of the molecule is C[C@@H](C(=O)N1CCC[C@H](CNS(C)(=O)=O)C1)n1cccn1. The maximum atomic E-state index is 12.5. The summed E-state index contributed by atoms with van der Waals surface area (Å²) in [4.78, 5) is 14.3. The molecule has 1 aliphatic heterocycles. The fourth-order valence-corrected chi connectivity index (χ4v) is 3.13. The normalized spacial score (nSPS) is 21.2. The van der Waals surface area contributed by atoms with Gasteiger partial charge >= 0.3 is 0 Å². The first-order valence-electron chi connectivity index (χ1n) is 7.09. The maximum Gasteiger partial charge on any atom is 0.247 e. The van der Waals surface area contributed by atoms with Crippen LogP contribution >= 0.6 is 0 Å². The summed E-state index contributed by atoms with van der Waals surface area (Å²) in [6.45, 7) is 3.53. The van der Waals surface area contributed by atoms with Crippen LogP contribution < -0.4 is 4.72 Å². The Morgan fingerprint density at radius 2 is 2.29 bits per heavy atom. The molecule has 0 aliphatic carbocycles. The molecule has 2 heterocycles. The summed E-state index contributed by atoms with van der Waals surface area (Å²) in [6, 6.07) is 1.46. The molecule has 21 heavy (non-hydrogen) atoms. The lowest BCUT2D eigenvalue weighted by molar-refractivity contribution is -0.136. The highest BCUT2D eigenvalue weighted by molar-refractivity contribution is 7.88. The van der Waals surface area contributed by atoms with Gasteiger partial charge in [-0.25, -0.2) is 13.1 Å². The van der Waals surface area contributed by atoms with Gasteiger partial charge in [-0.3, -0.25) is 9.48 Å². The number of piperidine rings is 1. The quantitative estimate of drug-likeness (QED) is 0.843. The van der Waals surface area contributed by atoms with E-state index < -0.39 is 10.0 Å². The molecule has 1 aliphatic rings. The van der Waals surface area contributed by atoms with Crippen LogP contribution in [0.1, 0.15) is 25.8 Å². The van der Waals surface area contributed by atoms with Gasteiger partial charge in [0.25, 0.3) is 0 Å². The Hall–Kier alpha value is -1.41. The predicted molar refractivity (Wildman–Crippen MR) is 79.1 cm³/mol. The number of rotatable bonds is 5. The summed E-state index contributed by atoms with van der Waals surface area (Å²) in [7, 11) is -3.18. The van der Waals surface area contributed by atoms with E-state index in [0.29, 0.717) is 13.1 Å². The molecule has 0 bridgehead atoms. The molecule has 0 unspecified atom stereocenters. The van der Waals surface area contributed by atoms with Crippen LogP contribution in [-0.2, 0) is 14.8 Å². The van der Waals surface area contributed by atoms with Crippen LogP contribution in [-0.4, -0.2) is 54.9 Å². The molecule has 8 heteroatoms. The van der Waals surface area contributed by atoms with E-state index in [9.17, 15) is 13.2 Å². The number of likely N-dealkylation sites (tertiary alicyclic amines) is 1. The number of aromatic nitrogens is 2. The zero-order chi connectivity index (χ0) is 15.5. The van der Waals surface area contributed by atoms with Gasteiger partial charge in [0.15, 0.2) is 0 Å². The highest BCUT2D eigenvalue weighted by Crippen LogP contribution is 2.19. The Kier molecular flexibility index (Phi) is 5.00. The summed E-state index contributed by atoms with van der Waals surface area (Å²) in [5.41, 5.74) is 0. The van der Waals surface area contributed by atoms with Gasteiger partial charge in [-0.1, -0.05) is 0 Å². The first kappa shape index (κ1) is 16.0. The van der Waals surface area contributed by atoms with E-state index in [0.717, 1.165) is 25.6 Å². The van der Waals surface area contributed by atoms with Crippen molar-refractivity contribution in [2.24, 2.45) is 5.92 Å². The molecular formula is C13H22N4O3S. The lowest BCUT2D eigenvalue weighted by Crippen LogP contribution is -2.45. The number of carbonyl (C=O) groups is 1. The van der Waals surface area contributed by atoms with E-state index in [2.05, 4.69) is 9.82 Å². The molecular weight excluding hydrogens is 292 g/mol. The van der Waals surface area contributed by atoms with E-state index in [1.807, 2.05) is 11.8 Å². The Balaban J connectivity index is 1.92. The van der Waals surface area contributed by atoms with Gasteiger partial charge in [0.05, 0.1) is 6.26 Å². The average Bonchev–Trinajstić information content (AvgIpc) is 2.97. The number of sulfonamides is 1. The first-order chi connectivity index (χ1) is 9.87. The van der Waals surface area contributed by atoms with Crippen molar-refractivity contribution in [1.82, 2.24) is 19.4 Å². The minimum atomic E-state index is -3.18. The molecule has 0 saturated carbocycles. The maximum absolute atomic E-state index is 12.5. The topological polar surface area (TPSA) is 84.3 Å². The molecule has 1 fully saturated rings. The molecule has 118 valence electrons. The molecule has 0 radical (unpaired) electrons. The smallest absolute Gasteiger partial charge is 0.247 e. The Labute approximate surface area is 125 Å². The van der Waals surface area contributed by atoms with Crippen molar-refractivity contribution in [2.45, 2.75) is 25.8 Å². The van der Waals surface area contributed by atoms with Gasteiger partial charge in [0, 0.05) is 32.0 Å². The minimum absolute atomic E-state index is 0.0303. The fraction of sp³-hybridized carbons (Fsp3) is 0.692. The van der Waals surface area contributed by atoms with E-state index in [4.69, 9.17) is 0 Å². The molecule has 1 saturated heterocycles. The molecule has 0 aromatic carbocycles. The van der Waals surface area contributed by atoms with Crippen molar-refractivity contribution in [3.05, 3.63) is 18.5 Å². The largest absolute Gasteiger partial charge is 0.341 e. The number of nitrogens with one attached hydrogen (secondary N) is 1. The van der Waals surface area contributed by atoms with Crippen molar-refractivity contribution in [3.8, 4) is 0 Å². The van der Waals surface area contributed by atoms with Crippen molar-refractivity contribution in [3.63, 3.8) is 0 Å². The molecule has 1 aromatic rings. The third-order valence-electron chi connectivity index (χ3n) is 3.74. The van der Waals surface area contributed by atoms with Crippen LogP contribution in [0.15, 0.2) is 18.5 Å². The van der Waals surface area contributed by atoms with Crippen LogP contribution in [0.2, 0.25) is 0 Å². The molecule has 1 N–H and O–H groups in total. The van der Waals surface area contributed by atoms with E-state index in [-0.39, 0.29) is 17.9 Å². The fourth-order valence-electron chi connectivity index (χ4n) is 2.59. The van der Waals surface area contributed by atoms with Gasteiger partial charge in [-0.15, -0.1) is 0 Å². The lowest BCUT2D eigenvalue weighted by Gasteiger charge is -2.34. The van der Waals surface area contributed by atoms with Crippen molar-refractivity contribution in [1.29, 1.82) is 0 Å². The Bertz CT molecular complexity index is 570. The van der Waals surface area contributed by atoms with Gasteiger partial charge in [-0.2, -0.15) is 5.10 Å². The third-order valence-corrected chi connectivity index (χ3v) is 4.43. The summed E-state index contributed by atoms with van der Waals surface area (Å²) in [6.07, 6.45) is 6.41. The number of hydrogen-bond acceptors (Lipinski definition) is 4. The summed E-state index contributed by atoms with van der Waals surface area (Å²) in [5, 5.41) is 4.10. The second kappa shape index (κ2) is 6.57. The molecule has 7 nitrogen and oxygen atoms in total. The van der Waals surface area contributed by atoms with Crippen molar-refractivity contribution >= 4 is 15.9 Å². The zero-order valence-corrected chi connectivity index (χ0v) is 13.2. The lowest BCUT2D eigenvalue weighted by atomic mass is 9.98. The average molecular weight is 314 g/mol. The van der Waals surface area contributed by atoms with E-state index in [1.165, 1.54) is 0 Å². The second-order valence-electron chi connectivity index (χ2n) is 5.58. The van der Waals surface area contributed by atoms with Crippen molar-refractivity contribution in [2.75, 3.05) is 25.9 Å². The number of nitrogens with zero attached hydrogens (tertiary/aromatic N) is 3. The third kappa shape index (κ3) is 4.53. The van der Waals surface area contributed by atoms with Crippen molar-refractivity contribution < 1.29 is 13.2 Å². The summed E-state index contributed by atoms with van der Waals surface area (Å²) < 4.78 is 26.5. The molecule has 2 atom stereocenters. The standard InChI is InChI=1S/C13H22N4O3S/c1-11(17-8-4-6-14-17)13(18)16-7-3-5-12(10-16)9-15-21(2,19)20/h4,6,8,11-12,15H,3,5,7,9-10H2,1-2H3/t11-,12+/m0/s1. The van der Waals surface area contributed by atoms with Crippen LogP contribution in [0.25, 0.3) is 0 Å². The minimum Gasteiger partial charge on any atom is -0.341 e. The van der Waals surface area contributed by atoms with Crippen LogP contribution in [0.5, 0.6) is 0 Å².